The third-order valence-corrected chi connectivity index (χ3v) is 3.23. The van der Waals surface area contributed by atoms with Gasteiger partial charge in [-0.1, -0.05) is 25.4 Å². The zero-order chi connectivity index (χ0) is 13.0. The van der Waals surface area contributed by atoms with Crippen molar-refractivity contribution in [2.45, 2.75) is 52.7 Å². The molecule has 1 unspecified atom stereocenters. The van der Waals surface area contributed by atoms with Crippen LogP contribution in [-0.2, 0) is 24.2 Å². The van der Waals surface area contributed by atoms with Gasteiger partial charge in [0, 0.05) is 6.54 Å². The SMILES string of the molecule is CCc1nn(CC)c(CC(=O)C(O)CC)c1Cl. The van der Waals surface area contributed by atoms with Crippen LogP contribution < -0.4 is 0 Å². The van der Waals surface area contributed by atoms with Gasteiger partial charge in [0.2, 0.25) is 0 Å². The second kappa shape index (κ2) is 6.17. The Morgan fingerprint density at radius 2 is 2.12 bits per heavy atom. The minimum atomic E-state index is -0.906. The first kappa shape index (κ1) is 14.2. The molecule has 0 amide bonds. The van der Waals surface area contributed by atoms with E-state index >= 15 is 0 Å². The standard InChI is InChI=1S/C12H19ClN2O2/c1-4-8-12(13)9(15(6-3)14-8)7-11(17)10(16)5-2/h10,16H,4-7H2,1-3H3. The number of nitrogens with zero attached hydrogens (tertiary/aromatic N) is 2. The van der Waals surface area contributed by atoms with Crippen molar-refractivity contribution in [2.75, 3.05) is 0 Å². The van der Waals surface area contributed by atoms with Gasteiger partial charge in [0.1, 0.15) is 6.10 Å². The maximum Gasteiger partial charge on any atom is 0.167 e. The molecule has 0 radical (unpaired) electrons. The summed E-state index contributed by atoms with van der Waals surface area (Å²) in [6, 6.07) is 0. The van der Waals surface area contributed by atoms with Crippen LogP contribution >= 0.6 is 11.6 Å². The van der Waals surface area contributed by atoms with E-state index in [0.717, 1.165) is 12.1 Å². The molecule has 1 rings (SSSR count). The van der Waals surface area contributed by atoms with E-state index in [4.69, 9.17) is 11.6 Å². The Labute approximate surface area is 107 Å². The number of aliphatic hydroxyl groups is 1. The van der Waals surface area contributed by atoms with Crippen LogP contribution in [0.1, 0.15) is 38.6 Å². The van der Waals surface area contributed by atoms with Crippen LogP contribution in [0.5, 0.6) is 0 Å². The van der Waals surface area contributed by atoms with Gasteiger partial charge in [-0.05, 0) is 19.8 Å². The van der Waals surface area contributed by atoms with E-state index < -0.39 is 6.10 Å². The Kier molecular flexibility index (Phi) is 5.15. The van der Waals surface area contributed by atoms with Crippen molar-refractivity contribution in [3.8, 4) is 0 Å². The topological polar surface area (TPSA) is 55.1 Å². The maximum atomic E-state index is 11.7. The molecule has 1 aromatic heterocycles. The predicted octanol–water partition coefficient (Wildman–Crippen LogP) is 2.00. The molecular formula is C12H19ClN2O2. The highest BCUT2D eigenvalue weighted by Gasteiger charge is 2.20. The first-order chi connectivity index (χ1) is 8.04. The van der Waals surface area contributed by atoms with Gasteiger partial charge in [0.05, 0.1) is 22.8 Å². The number of rotatable bonds is 6. The van der Waals surface area contributed by atoms with Gasteiger partial charge in [-0.3, -0.25) is 9.48 Å². The first-order valence-corrected chi connectivity index (χ1v) is 6.37. The Bertz CT molecular complexity index is 401. The van der Waals surface area contributed by atoms with E-state index in [1.807, 2.05) is 13.8 Å². The van der Waals surface area contributed by atoms with Crippen LogP contribution in [-0.4, -0.2) is 26.8 Å². The molecule has 0 aliphatic heterocycles. The number of ketones is 1. The van der Waals surface area contributed by atoms with Gasteiger partial charge in [0.25, 0.3) is 0 Å². The highest BCUT2D eigenvalue weighted by molar-refractivity contribution is 6.32. The van der Waals surface area contributed by atoms with E-state index in [1.54, 1.807) is 11.6 Å². The molecule has 0 saturated carbocycles. The van der Waals surface area contributed by atoms with Crippen molar-refractivity contribution >= 4 is 17.4 Å². The number of hydrogen-bond acceptors (Lipinski definition) is 3. The quantitative estimate of drug-likeness (QED) is 0.849. The molecule has 1 N–H and O–H groups in total. The van der Waals surface area contributed by atoms with Crippen LogP contribution in [0.25, 0.3) is 0 Å². The Hall–Kier alpha value is -0.870. The van der Waals surface area contributed by atoms with Crippen LogP contribution in [0, 0.1) is 0 Å². The van der Waals surface area contributed by atoms with Crippen LogP contribution in [0.3, 0.4) is 0 Å². The summed E-state index contributed by atoms with van der Waals surface area (Å²) in [7, 11) is 0. The largest absolute Gasteiger partial charge is 0.385 e. The number of aliphatic hydroxyl groups excluding tert-OH is 1. The lowest BCUT2D eigenvalue weighted by Crippen LogP contribution is -2.22. The molecule has 1 heterocycles. The average molecular weight is 259 g/mol. The first-order valence-electron chi connectivity index (χ1n) is 5.99. The summed E-state index contributed by atoms with van der Waals surface area (Å²) in [6.07, 6.45) is 0.409. The molecule has 0 fully saturated rings. The van der Waals surface area contributed by atoms with Gasteiger partial charge in [-0.25, -0.2) is 0 Å². The second-order valence-corrected chi connectivity index (χ2v) is 4.32. The zero-order valence-electron chi connectivity index (χ0n) is 10.5. The minimum absolute atomic E-state index is 0.147. The molecule has 0 aliphatic rings. The van der Waals surface area contributed by atoms with E-state index in [1.165, 1.54) is 0 Å². The molecular weight excluding hydrogens is 240 g/mol. The maximum absolute atomic E-state index is 11.7. The van der Waals surface area contributed by atoms with E-state index in [0.29, 0.717) is 23.7 Å². The number of hydrogen-bond donors (Lipinski definition) is 1. The molecule has 5 heteroatoms. The molecule has 0 bridgehead atoms. The highest BCUT2D eigenvalue weighted by atomic mass is 35.5. The monoisotopic (exact) mass is 258 g/mol. The molecule has 4 nitrogen and oxygen atoms in total. The van der Waals surface area contributed by atoms with E-state index in [9.17, 15) is 9.90 Å². The molecule has 0 saturated heterocycles. The van der Waals surface area contributed by atoms with Crippen LogP contribution in [0.2, 0.25) is 5.02 Å². The molecule has 0 spiro atoms. The van der Waals surface area contributed by atoms with Gasteiger partial charge < -0.3 is 5.11 Å². The fourth-order valence-electron chi connectivity index (χ4n) is 1.70. The van der Waals surface area contributed by atoms with Gasteiger partial charge in [-0.2, -0.15) is 5.10 Å². The van der Waals surface area contributed by atoms with Crippen molar-refractivity contribution in [2.24, 2.45) is 0 Å². The number of carbonyl (C=O) groups excluding carboxylic acids is 1. The summed E-state index contributed by atoms with van der Waals surface area (Å²) in [6.45, 7) is 6.37. The Balaban J connectivity index is 2.97. The number of aromatic nitrogens is 2. The normalized spacial score (nSPS) is 12.8. The molecule has 0 aromatic carbocycles. The fraction of sp³-hybridized carbons (Fsp3) is 0.667. The summed E-state index contributed by atoms with van der Waals surface area (Å²) in [5.41, 5.74) is 1.52. The summed E-state index contributed by atoms with van der Waals surface area (Å²) in [5.74, 6) is -0.202. The minimum Gasteiger partial charge on any atom is -0.385 e. The Morgan fingerprint density at radius 3 is 2.59 bits per heavy atom. The summed E-state index contributed by atoms with van der Waals surface area (Å²) in [4.78, 5) is 11.7. The van der Waals surface area contributed by atoms with E-state index in [-0.39, 0.29) is 12.2 Å². The number of carbonyl (C=O) groups is 1. The van der Waals surface area contributed by atoms with Crippen molar-refractivity contribution in [1.82, 2.24) is 9.78 Å². The zero-order valence-corrected chi connectivity index (χ0v) is 11.3. The van der Waals surface area contributed by atoms with Crippen molar-refractivity contribution < 1.29 is 9.90 Å². The van der Waals surface area contributed by atoms with Gasteiger partial charge >= 0.3 is 0 Å². The van der Waals surface area contributed by atoms with Crippen molar-refractivity contribution in [3.63, 3.8) is 0 Å². The summed E-state index contributed by atoms with van der Waals surface area (Å²) >= 11 is 6.18. The summed E-state index contributed by atoms with van der Waals surface area (Å²) in [5, 5.41) is 14.4. The number of Topliss-reactive ketones (excluding diaryl/α,β-unsaturated/α-hetero) is 1. The van der Waals surface area contributed by atoms with E-state index in [2.05, 4.69) is 5.10 Å². The molecule has 1 aromatic rings. The third-order valence-electron chi connectivity index (χ3n) is 2.79. The lowest BCUT2D eigenvalue weighted by molar-refractivity contribution is -0.126. The molecule has 96 valence electrons. The number of aryl methyl sites for hydroxylation is 2. The van der Waals surface area contributed by atoms with Crippen LogP contribution in [0.15, 0.2) is 0 Å². The lowest BCUT2D eigenvalue weighted by Gasteiger charge is -2.08. The van der Waals surface area contributed by atoms with Crippen LogP contribution in [0.4, 0.5) is 0 Å². The smallest absolute Gasteiger partial charge is 0.167 e. The fourth-order valence-corrected chi connectivity index (χ4v) is 2.03. The second-order valence-electron chi connectivity index (χ2n) is 3.94. The van der Waals surface area contributed by atoms with Crippen molar-refractivity contribution in [1.29, 1.82) is 0 Å². The lowest BCUT2D eigenvalue weighted by atomic mass is 10.1. The molecule has 0 aliphatic carbocycles. The van der Waals surface area contributed by atoms with Crippen molar-refractivity contribution in [3.05, 3.63) is 16.4 Å². The predicted molar refractivity (Wildman–Crippen MR) is 67.3 cm³/mol. The van der Waals surface area contributed by atoms with Gasteiger partial charge in [0.15, 0.2) is 5.78 Å². The highest BCUT2D eigenvalue weighted by Crippen LogP contribution is 2.22. The molecule has 17 heavy (non-hydrogen) atoms. The Morgan fingerprint density at radius 1 is 1.47 bits per heavy atom. The average Bonchev–Trinajstić information content (AvgIpc) is 2.65. The molecule has 1 atom stereocenters. The number of halogens is 1. The van der Waals surface area contributed by atoms with Gasteiger partial charge in [-0.15, -0.1) is 0 Å². The third kappa shape index (κ3) is 3.07. The summed E-state index contributed by atoms with van der Waals surface area (Å²) < 4.78 is 1.74.